The zero-order valence-corrected chi connectivity index (χ0v) is 23.9. The Labute approximate surface area is 254 Å². The number of hydrogen-bond acceptors (Lipinski definition) is 6. The number of nitrogens with two attached hydrogens (primary N) is 2. The number of carbonyl (C=O) groups excluding carboxylic acids is 4. The molecule has 4 aromatic rings. The lowest BCUT2D eigenvalue weighted by Crippen LogP contribution is -2.43. The van der Waals surface area contributed by atoms with Crippen molar-refractivity contribution in [2.75, 3.05) is 6.54 Å². The lowest BCUT2D eigenvalue weighted by atomic mass is 9.96. The van der Waals surface area contributed by atoms with Crippen LogP contribution in [0.5, 0.6) is 0 Å². The number of nitrogens with zero attached hydrogens (tertiary/aromatic N) is 3. The van der Waals surface area contributed by atoms with Crippen LogP contribution in [0.3, 0.4) is 0 Å². The molecule has 1 aliphatic heterocycles. The quantitative estimate of drug-likeness (QED) is 0.269. The zero-order chi connectivity index (χ0) is 32.1. The van der Waals surface area contributed by atoms with Crippen molar-refractivity contribution in [2.45, 2.75) is 37.8 Å². The van der Waals surface area contributed by atoms with Crippen molar-refractivity contribution >= 4 is 56.7 Å². The minimum atomic E-state index is -4.73. The summed E-state index contributed by atoms with van der Waals surface area (Å²) < 4.78 is 70.8. The van der Waals surface area contributed by atoms with Crippen LogP contribution in [0.25, 0.3) is 21.3 Å². The molecule has 0 spiro atoms. The summed E-state index contributed by atoms with van der Waals surface area (Å²) in [6.07, 6.45) is -7.25. The number of ketones is 1. The smallest absolute Gasteiger partial charge is 0.366 e. The molecule has 1 fully saturated rings. The van der Waals surface area contributed by atoms with Gasteiger partial charge in [0.05, 0.1) is 22.8 Å². The fourth-order valence-corrected chi connectivity index (χ4v) is 6.32. The molecule has 1 aliphatic rings. The third-order valence-electron chi connectivity index (χ3n) is 7.15. The number of benzene rings is 2. The number of Topliss-reactive ketones (excluding diaryl/α,β-unsaturated/α-hetero) is 1. The van der Waals surface area contributed by atoms with Crippen molar-refractivity contribution in [1.29, 1.82) is 0 Å². The van der Waals surface area contributed by atoms with E-state index >= 15 is 4.39 Å². The molecular weight excluding hydrogens is 633 g/mol. The molecule has 3 heterocycles. The fraction of sp³-hybridized carbons (Fsp3) is 0.250. The predicted octanol–water partition coefficient (Wildman–Crippen LogP) is 4.52. The van der Waals surface area contributed by atoms with Crippen molar-refractivity contribution in [3.8, 4) is 11.1 Å². The molecule has 5 rings (SSSR count). The summed E-state index contributed by atoms with van der Waals surface area (Å²) in [6.45, 7) is -1.20. The van der Waals surface area contributed by atoms with E-state index in [1.807, 2.05) is 0 Å². The van der Waals surface area contributed by atoms with E-state index in [0.717, 1.165) is 15.6 Å². The maximum atomic E-state index is 15.6. The van der Waals surface area contributed by atoms with Gasteiger partial charge in [-0.25, -0.2) is 8.78 Å². The van der Waals surface area contributed by atoms with Gasteiger partial charge in [-0.3, -0.25) is 23.9 Å². The summed E-state index contributed by atoms with van der Waals surface area (Å²) in [4.78, 5) is 49.9. The molecule has 44 heavy (non-hydrogen) atoms. The first kappa shape index (κ1) is 31.1. The van der Waals surface area contributed by atoms with Gasteiger partial charge in [0, 0.05) is 34.6 Å². The second kappa shape index (κ2) is 11.6. The van der Waals surface area contributed by atoms with Gasteiger partial charge in [-0.05, 0) is 29.8 Å². The maximum Gasteiger partial charge on any atom is 0.425 e. The second-order valence-corrected chi connectivity index (χ2v) is 11.5. The van der Waals surface area contributed by atoms with Gasteiger partial charge >= 0.3 is 6.18 Å². The van der Waals surface area contributed by atoms with E-state index in [1.165, 1.54) is 36.4 Å². The van der Waals surface area contributed by atoms with E-state index in [4.69, 9.17) is 23.1 Å². The normalized spacial score (nSPS) is 16.9. The maximum absolute atomic E-state index is 15.6. The number of rotatable bonds is 8. The number of primary amides is 2. The molecular formula is C28H21ClF5N5O4S. The van der Waals surface area contributed by atoms with Crippen molar-refractivity contribution in [3.63, 3.8) is 0 Å². The zero-order valence-electron chi connectivity index (χ0n) is 22.3. The van der Waals surface area contributed by atoms with Gasteiger partial charge < -0.3 is 16.4 Å². The van der Waals surface area contributed by atoms with Gasteiger partial charge in [0.1, 0.15) is 23.4 Å². The number of halogens is 6. The molecule has 0 bridgehead atoms. The standard InChI is InChI=1S/C28H21ClF5N5O4S/c29-17-5-4-13(26(35)42)6-16(17)15-3-1-2-12(23(15)31)7-20(40)18-8-14(30)10-38(18)22(41)11-39-19-9-21(28(32,33)34)44-25(19)24(37-39)27(36)43/h1-6,9,14,18H,7-8,10-11H2,(H2,35,42)(H2,36,43)/t14-,18+/m1/s1. The predicted molar refractivity (Wildman–Crippen MR) is 150 cm³/mol. The highest BCUT2D eigenvalue weighted by molar-refractivity contribution is 7.19. The van der Waals surface area contributed by atoms with Crippen LogP contribution in [0.1, 0.15) is 37.7 Å². The van der Waals surface area contributed by atoms with Gasteiger partial charge in [-0.2, -0.15) is 18.3 Å². The Hall–Kier alpha value is -4.37. The molecule has 2 aromatic heterocycles. The van der Waals surface area contributed by atoms with Gasteiger partial charge in [0.2, 0.25) is 11.8 Å². The number of fused-ring (bicyclic) bond motifs is 1. The van der Waals surface area contributed by atoms with Crippen LogP contribution in [-0.2, 0) is 28.7 Å². The van der Waals surface area contributed by atoms with Gasteiger partial charge in [0.15, 0.2) is 11.5 Å². The molecule has 3 amide bonds. The molecule has 0 saturated carbocycles. The Balaban J connectivity index is 1.40. The van der Waals surface area contributed by atoms with Crippen molar-refractivity contribution in [3.05, 3.63) is 75.0 Å². The Morgan fingerprint density at radius 1 is 1.05 bits per heavy atom. The molecule has 2 atom stereocenters. The lowest BCUT2D eigenvalue weighted by molar-refractivity contribution is -0.138. The monoisotopic (exact) mass is 653 g/mol. The molecule has 230 valence electrons. The number of thiophene rings is 1. The highest BCUT2D eigenvalue weighted by Crippen LogP contribution is 2.39. The van der Waals surface area contributed by atoms with Gasteiger partial charge in [0.25, 0.3) is 5.91 Å². The third-order valence-corrected chi connectivity index (χ3v) is 8.66. The molecule has 0 aliphatic carbocycles. The molecule has 16 heteroatoms. The summed E-state index contributed by atoms with van der Waals surface area (Å²) in [5.41, 5.74) is 10.1. The minimum absolute atomic E-state index is 0.0203. The van der Waals surface area contributed by atoms with E-state index in [-0.39, 0.29) is 55.3 Å². The first-order valence-corrected chi connectivity index (χ1v) is 14.1. The summed E-state index contributed by atoms with van der Waals surface area (Å²) >= 11 is 6.46. The van der Waals surface area contributed by atoms with E-state index in [0.29, 0.717) is 0 Å². The minimum Gasteiger partial charge on any atom is -0.366 e. The number of aromatic nitrogens is 2. The fourth-order valence-electron chi connectivity index (χ4n) is 5.08. The molecule has 9 nitrogen and oxygen atoms in total. The number of likely N-dealkylation sites (tertiary alicyclic amines) is 1. The largest absolute Gasteiger partial charge is 0.425 e. The van der Waals surface area contributed by atoms with Crippen LogP contribution in [0, 0.1) is 5.82 Å². The van der Waals surface area contributed by atoms with E-state index in [1.54, 1.807) is 0 Å². The molecule has 0 unspecified atom stereocenters. The van der Waals surface area contributed by atoms with Crippen LogP contribution in [0.15, 0.2) is 42.5 Å². The third kappa shape index (κ3) is 5.88. The van der Waals surface area contributed by atoms with E-state index in [2.05, 4.69) is 5.10 Å². The van der Waals surface area contributed by atoms with E-state index < -0.39 is 77.8 Å². The number of carbonyl (C=O) groups is 4. The highest BCUT2D eigenvalue weighted by atomic mass is 35.5. The summed E-state index contributed by atoms with van der Waals surface area (Å²) in [5, 5.41) is 4.00. The van der Waals surface area contributed by atoms with Gasteiger partial charge in [-0.1, -0.05) is 29.8 Å². The topological polar surface area (TPSA) is 141 Å². The number of hydrogen-bond donors (Lipinski definition) is 2. The second-order valence-electron chi connectivity index (χ2n) is 10.1. The van der Waals surface area contributed by atoms with Crippen molar-refractivity contribution in [1.82, 2.24) is 14.7 Å². The molecule has 4 N–H and O–H groups in total. The average Bonchev–Trinajstić information content (AvgIpc) is 3.64. The van der Waals surface area contributed by atoms with Crippen molar-refractivity contribution < 1.29 is 41.1 Å². The van der Waals surface area contributed by atoms with Gasteiger partial charge in [-0.15, -0.1) is 11.3 Å². The first-order chi connectivity index (χ1) is 20.6. The van der Waals surface area contributed by atoms with Crippen LogP contribution < -0.4 is 11.5 Å². The molecule has 2 aromatic carbocycles. The van der Waals surface area contributed by atoms with Crippen LogP contribution in [-0.4, -0.2) is 56.9 Å². The van der Waals surface area contributed by atoms with Crippen LogP contribution >= 0.6 is 22.9 Å². The Bertz CT molecular complexity index is 1840. The lowest BCUT2D eigenvalue weighted by Gasteiger charge is -2.23. The summed E-state index contributed by atoms with van der Waals surface area (Å²) in [6, 6.07) is 7.64. The SMILES string of the molecule is NC(=O)c1ccc(Cl)c(-c2cccc(CC(=O)[C@@H]3C[C@@H](F)CN3C(=O)Cn3nc(C(N)=O)c4sc(C(F)(F)F)cc43)c2F)c1. The first-order valence-electron chi connectivity index (χ1n) is 12.9. The Kier molecular flexibility index (Phi) is 8.20. The average molecular weight is 654 g/mol. The van der Waals surface area contributed by atoms with Crippen LogP contribution in [0.4, 0.5) is 22.0 Å². The number of alkyl halides is 4. The summed E-state index contributed by atoms with van der Waals surface area (Å²) in [7, 11) is 0. The highest BCUT2D eigenvalue weighted by Gasteiger charge is 2.40. The van der Waals surface area contributed by atoms with Crippen molar-refractivity contribution in [2.24, 2.45) is 11.5 Å². The Morgan fingerprint density at radius 3 is 2.43 bits per heavy atom. The van der Waals surface area contributed by atoms with Crippen LogP contribution in [0.2, 0.25) is 5.02 Å². The molecule has 0 radical (unpaired) electrons. The molecule has 1 saturated heterocycles. The van der Waals surface area contributed by atoms with E-state index in [9.17, 15) is 36.7 Å². The number of amides is 3. The Morgan fingerprint density at radius 2 is 1.77 bits per heavy atom. The summed E-state index contributed by atoms with van der Waals surface area (Å²) in [5.74, 6) is -4.24.